The molecule has 1 aromatic heterocycles. The lowest BCUT2D eigenvalue weighted by molar-refractivity contribution is 0.0690. The molecule has 19 heavy (non-hydrogen) atoms. The summed E-state index contributed by atoms with van der Waals surface area (Å²) in [5.41, 5.74) is -2.44. The zero-order valence-corrected chi connectivity index (χ0v) is 9.58. The van der Waals surface area contributed by atoms with E-state index < -0.39 is 46.1 Å². The summed E-state index contributed by atoms with van der Waals surface area (Å²) in [6.45, 7) is 0. The van der Waals surface area contributed by atoms with Gasteiger partial charge in [0.05, 0.1) is 5.56 Å². The Balaban J connectivity index is 2.93. The van der Waals surface area contributed by atoms with E-state index in [1.807, 2.05) is 0 Å². The van der Waals surface area contributed by atoms with Gasteiger partial charge >= 0.3 is 5.97 Å². The predicted octanol–water partition coefficient (Wildman–Crippen LogP) is 3.26. The molecule has 4 nitrogen and oxygen atoms in total. The minimum atomic E-state index is -2.22. The van der Waals surface area contributed by atoms with Crippen LogP contribution in [0, 0.1) is 28.1 Å². The number of halogens is 4. The van der Waals surface area contributed by atoms with E-state index in [-0.39, 0.29) is 4.84 Å². The van der Waals surface area contributed by atoms with Gasteiger partial charge in [0.25, 0.3) is 4.84 Å². The SMILES string of the molecule is O=C(O)c1c(F)c(F)c(F)c(F)c1-c1c[nH]c(=S)o1. The fraction of sp³-hybridized carbons (Fsp3) is 0. The van der Waals surface area contributed by atoms with Crippen LogP contribution in [0.25, 0.3) is 11.3 Å². The van der Waals surface area contributed by atoms with Gasteiger partial charge in [0.1, 0.15) is 5.56 Å². The van der Waals surface area contributed by atoms with Crippen molar-refractivity contribution in [3.05, 3.63) is 39.9 Å². The summed E-state index contributed by atoms with van der Waals surface area (Å²) in [5.74, 6) is -10.8. The first-order valence-corrected chi connectivity index (χ1v) is 5.03. The highest BCUT2D eigenvalue weighted by Gasteiger charge is 2.31. The van der Waals surface area contributed by atoms with Gasteiger partial charge in [0.15, 0.2) is 29.0 Å². The monoisotopic (exact) mass is 293 g/mol. The van der Waals surface area contributed by atoms with Crippen molar-refractivity contribution in [2.45, 2.75) is 0 Å². The molecule has 0 fully saturated rings. The first-order chi connectivity index (χ1) is 8.84. The topological polar surface area (TPSA) is 66.2 Å². The maximum atomic E-state index is 13.6. The van der Waals surface area contributed by atoms with E-state index in [0.717, 1.165) is 6.20 Å². The van der Waals surface area contributed by atoms with Crippen LogP contribution in [0.3, 0.4) is 0 Å². The first-order valence-electron chi connectivity index (χ1n) is 4.62. The molecule has 2 N–H and O–H groups in total. The molecule has 0 saturated heterocycles. The Bertz CT molecular complexity index is 737. The minimum Gasteiger partial charge on any atom is -0.478 e. The highest BCUT2D eigenvalue weighted by Crippen LogP contribution is 2.32. The summed E-state index contributed by atoms with van der Waals surface area (Å²) in [7, 11) is 0. The molecule has 1 heterocycles. The third kappa shape index (κ3) is 2.01. The van der Waals surface area contributed by atoms with Crippen molar-refractivity contribution in [3.63, 3.8) is 0 Å². The number of aromatic amines is 1. The molecule has 0 bridgehead atoms. The highest BCUT2D eigenvalue weighted by atomic mass is 32.1. The third-order valence-electron chi connectivity index (χ3n) is 2.25. The molecule has 1 aromatic carbocycles. The number of carboxylic acid groups (broad SMARTS) is 1. The molecule has 2 rings (SSSR count). The second-order valence-corrected chi connectivity index (χ2v) is 3.72. The number of oxazole rings is 1. The lowest BCUT2D eigenvalue weighted by Gasteiger charge is -2.08. The van der Waals surface area contributed by atoms with Crippen molar-refractivity contribution in [3.8, 4) is 11.3 Å². The number of benzene rings is 1. The molecule has 9 heteroatoms. The Kier molecular flexibility index (Phi) is 3.14. The minimum absolute atomic E-state index is 0.268. The summed E-state index contributed by atoms with van der Waals surface area (Å²) in [6, 6.07) is 0. The number of aromatic carboxylic acids is 1. The lowest BCUT2D eigenvalue weighted by atomic mass is 10.0. The van der Waals surface area contributed by atoms with Crippen LogP contribution in [0.15, 0.2) is 10.6 Å². The number of rotatable bonds is 2. The van der Waals surface area contributed by atoms with Gasteiger partial charge in [-0.3, -0.25) is 0 Å². The molecule has 0 spiro atoms. The van der Waals surface area contributed by atoms with E-state index in [1.165, 1.54) is 0 Å². The van der Waals surface area contributed by atoms with Crippen LogP contribution in [-0.4, -0.2) is 16.1 Å². The molecule has 0 saturated carbocycles. The van der Waals surface area contributed by atoms with Gasteiger partial charge in [0, 0.05) is 6.20 Å². The van der Waals surface area contributed by atoms with E-state index in [2.05, 4.69) is 17.2 Å². The Hall–Kier alpha value is -2.16. The smallest absolute Gasteiger partial charge is 0.339 e. The van der Waals surface area contributed by atoms with E-state index >= 15 is 0 Å². The summed E-state index contributed by atoms with van der Waals surface area (Å²) < 4.78 is 57.8. The summed E-state index contributed by atoms with van der Waals surface area (Å²) in [6.07, 6.45) is 0.907. The number of nitrogens with one attached hydrogen (secondary N) is 1. The molecule has 0 atom stereocenters. The van der Waals surface area contributed by atoms with Crippen molar-refractivity contribution in [2.24, 2.45) is 0 Å². The second-order valence-electron chi connectivity index (χ2n) is 3.35. The average molecular weight is 293 g/mol. The van der Waals surface area contributed by atoms with Gasteiger partial charge in [-0.15, -0.1) is 0 Å². The maximum Gasteiger partial charge on any atom is 0.339 e. The van der Waals surface area contributed by atoms with Crippen LogP contribution >= 0.6 is 12.2 Å². The third-order valence-corrected chi connectivity index (χ3v) is 2.45. The molecule has 0 amide bonds. The fourth-order valence-corrected chi connectivity index (χ4v) is 1.62. The van der Waals surface area contributed by atoms with E-state index in [4.69, 9.17) is 9.52 Å². The fourth-order valence-electron chi connectivity index (χ4n) is 1.47. The van der Waals surface area contributed by atoms with E-state index in [0.29, 0.717) is 0 Å². The molecule has 100 valence electrons. The van der Waals surface area contributed by atoms with Crippen molar-refractivity contribution >= 4 is 18.2 Å². The van der Waals surface area contributed by atoms with Gasteiger partial charge in [-0.25, -0.2) is 22.4 Å². The molecular weight excluding hydrogens is 290 g/mol. The van der Waals surface area contributed by atoms with Crippen LogP contribution in [0.4, 0.5) is 17.6 Å². The van der Waals surface area contributed by atoms with Gasteiger partial charge in [-0.1, -0.05) is 0 Å². The van der Waals surface area contributed by atoms with Crippen molar-refractivity contribution in [2.75, 3.05) is 0 Å². The van der Waals surface area contributed by atoms with Crippen LogP contribution in [0.2, 0.25) is 0 Å². The van der Waals surface area contributed by atoms with Crippen LogP contribution < -0.4 is 0 Å². The van der Waals surface area contributed by atoms with Crippen LogP contribution in [0.1, 0.15) is 10.4 Å². The highest BCUT2D eigenvalue weighted by molar-refractivity contribution is 7.71. The average Bonchev–Trinajstić information content (AvgIpc) is 2.76. The van der Waals surface area contributed by atoms with Crippen molar-refractivity contribution < 1.29 is 31.9 Å². The van der Waals surface area contributed by atoms with Crippen LogP contribution in [-0.2, 0) is 0 Å². The number of hydrogen-bond acceptors (Lipinski definition) is 3. The first kappa shape index (κ1) is 13.3. The van der Waals surface area contributed by atoms with Crippen LogP contribution in [0.5, 0.6) is 0 Å². The predicted molar refractivity (Wildman–Crippen MR) is 56.1 cm³/mol. The number of aromatic nitrogens is 1. The molecule has 2 aromatic rings. The van der Waals surface area contributed by atoms with Gasteiger partial charge in [-0.2, -0.15) is 0 Å². The summed E-state index contributed by atoms with van der Waals surface area (Å²) in [5, 5.41) is 8.78. The van der Waals surface area contributed by atoms with E-state index in [1.54, 1.807) is 0 Å². The summed E-state index contributed by atoms with van der Waals surface area (Å²) in [4.78, 5) is 12.9. The molecule has 0 aliphatic rings. The lowest BCUT2D eigenvalue weighted by Crippen LogP contribution is -2.10. The number of hydrogen-bond donors (Lipinski definition) is 2. The van der Waals surface area contributed by atoms with Crippen molar-refractivity contribution in [1.82, 2.24) is 4.98 Å². The molecule has 0 aliphatic carbocycles. The van der Waals surface area contributed by atoms with Gasteiger partial charge < -0.3 is 14.5 Å². The Labute approximate surface area is 107 Å². The number of carboxylic acids is 1. The normalized spacial score (nSPS) is 10.7. The number of H-pyrrole nitrogens is 1. The largest absolute Gasteiger partial charge is 0.478 e. The molecule has 0 aliphatic heterocycles. The van der Waals surface area contributed by atoms with Gasteiger partial charge in [0.2, 0.25) is 0 Å². The number of carbonyl (C=O) groups is 1. The van der Waals surface area contributed by atoms with E-state index in [9.17, 15) is 22.4 Å². The zero-order chi connectivity index (χ0) is 14.3. The second kappa shape index (κ2) is 4.50. The zero-order valence-electron chi connectivity index (χ0n) is 8.76. The molecular formula is C10H3F4NO3S. The molecule has 0 radical (unpaired) electrons. The van der Waals surface area contributed by atoms with Crippen molar-refractivity contribution in [1.29, 1.82) is 0 Å². The Morgan fingerprint density at radius 1 is 1.16 bits per heavy atom. The standard InChI is InChI=1S/C10H3F4NO3S/c11-5-3(2-1-15-10(19)18-2)4(9(16)17)6(12)8(14)7(5)13/h1H,(H,15,19)(H,16,17). The molecule has 0 unspecified atom stereocenters. The Morgan fingerprint density at radius 2 is 1.74 bits per heavy atom. The Morgan fingerprint density at radius 3 is 2.21 bits per heavy atom. The summed E-state index contributed by atoms with van der Waals surface area (Å²) >= 11 is 4.52. The maximum absolute atomic E-state index is 13.6. The quantitative estimate of drug-likeness (QED) is 0.386. The van der Waals surface area contributed by atoms with Gasteiger partial charge in [-0.05, 0) is 12.2 Å².